The fraction of sp³-hybridized carbons (Fsp3) is 0.125. The Morgan fingerprint density at radius 3 is 2.27 bits per heavy atom. The summed E-state index contributed by atoms with van der Waals surface area (Å²) in [6.07, 6.45) is -0.497. The topological polar surface area (TPSA) is 110 Å². The van der Waals surface area contributed by atoms with Crippen LogP contribution in [0.5, 0.6) is 0 Å². The van der Waals surface area contributed by atoms with Crippen molar-refractivity contribution in [2.45, 2.75) is 12.5 Å². The molecule has 2 aromatic rings. The lowest BCUT2D eigenvalue weighted by Gasteiger charge is -2.15. The fourth-order valence-electron chi connectivity index (χ4n) is 2.27. The SMILES string of the molecule is O=C(N[C@H](Cc1ccccc1[N+](=O)[O-])C(=O)O)c1c(F)cc(F)cc1F. The van der Waals surface area contributed by atoms with Gasteiger partial charge in [0.2, 0.25) is 0 Å². The van der Waals surface area contributed by atoms with Crippen LogP contribution in [-0.2, 0) is 11.2 Å². The summed E-state index contributed by atoms with van der Waals surface area (Å²) >= 11 is 0. The highest BCUT2D eigenvalue weighted by atomic mass is 19.1. The molecule has 10 heteroatoms. The third-order valence-electron chi connectivity index (χ3n) is 3.45. The lowest BCUT2D eigenvalue weighted by atomic mass is 10.0. The Balaban J connectivity index is 2.29. The van der Waals surface area contributed by atoms with Crippen LogP contribution >= 0.6 is 0 Å². The van der Waals surface area contributed by atoms with Crippen molar-refractivity contribution >= 4 is 17.6 Å². The van der Waals surface area contributed by atoms with E-state index in [0.29, 0.717) is 0 Å². The van der Waals surface area contributed by atoms with E-state index < -0.39 is 52.3 Å². The predicted octanol–water partition coefficient (Wildman–Crippen LogP) is 2.44. The number of para-hydroxylation sites is 1. The molecule has 2 rings (SSSR count). The summed E-state index contributed by atoms with van der Waals surface area (Å²) in [5, 5.41) is 22.1. The molecule has 0 aliphatic carbocycles. The van der Waals surface area contributed by atoms with Gasteiger partial charge in [0.05, 0.1) is 4.92 Å². The molecule has 0 radical (unpaired) electrons. The van der Waals surface area contributed by atoms with Crippen molar-refractivity contribution in [1.82, 2.24) is 5.32 Å². The second kappa shape index (κ2) is 7.64. The van der Waals surface area contributed by atoms with Gasteiger partial charge < -0.3 is 10.4 Å². The van der Waals surface area contributed by atoms with E-state index in [1.807, 2.05) is 5.32 Å². The van der Waals surface area contributed by atoms with Crippen LogP contribution in [0.1, 0.15) is 15.9 Å². The predicted molar refractivity (Wildman–Crippen MR) is 82.0 cm³/mol. The first-order chi connectivity index (χ1) is 12.2. The molecule has 0 aliphatic rings. The van der Waals surface area contributed by atoms with Crippen LogP contribution in [0.2, 0.25) is 0 Å². The first-order valence-corrected chi connectivity index (χ1v) is 7.11. The minimum atomic E-state index is -1.70. The standard InChI is InChI=1S/C16H11F3N2O5/c17-9-6-10(18)14(11(19)7-9)15(22)20-12(16(23)24)5-8-3-1-2-4-13(8)21(25)26/h1-4,6-7,12H,5H2,(H,20,22)(H,23,24)/t12-/m1/s1. The van der Waals surface area contributed by atoms with Crippen LogP contribution in [-0.4, -0.2) is 27.9 Å². The third-order valence-corrected chi connectivity index (χ3v) is 3.45. The zero-order chi connectivity index (χ0) is 19.4. The maximum absolute atomic E-state index is 13.6. The maximum atomic E-state index is 13.6. The van der Waals surface area contributed by atoms with E-state index in [1.165, 1.54) is 18.2 Å². The van der Waals surface area contributed by atoms with Crippen molar-refractivity contribution < 1.29 is 32.8 Å². The first-order valence-electron chi connectivity index (χ1n) is 7.11. The van der Waals surface area contributed by atoms with E-state index in [1.54, 1.807) is 0 Å². The Morgan fingerprint density at radius 2 is 1.73 bits per heavy atom. The second-order valence-electron chi connectivity index (χ2n) is 5.20. The molecule has 0 unspecified atom stereocenters. The molecule has 0 saturated heterocycles. The number of carboxylic acid groups (broad SMARTS) is 1. The molecular weight excluding hydrogens is 357 g/mol. The van der Waals surface area contributed by atoms with Crippen LogP contribution in [0, 0.1) is 27.6 Å². The van der Waals surface area contributed by atoms with E-state index in [2.05, 4.69) is 0 Å². The van der Waals surface area contributed by atoms with Gasteiger partial charge in [-0.2, -0.15) is 0 Å². The van der Waals surface area contributed by atoms with E-state index in [9.17, 15) is 38.0 Å². The Hall–Kier alpha value is -3.43. The van der Waals surface area contributed by atoms with Crippen LogP contribution in [0.3, 0.4) is 0 Å². The maximum Gasteiger partial charge on any atom is 0.326 e. The number of rotatable bonds is 6. The van der Waals surface area contributed by atoms with E-state index in [-0.39, 0.29) is 23.4 Å². The van der Waals surface area contributed by atoms with Crippen LogP contribution in [0.25, 0.3) is 0 Å². The van der Waals surface area contributed by atoms with Crippen molar-refractivity contribution in [1.29, 1.82) is 0 Å². The molecule has 1 amide bonds. The first kappa shape index (κ1) is 18.9. The number of carbonyl (C=O) groups excluding carboxylic acids is 1. The molecule has 0 bridgehead atoms. The number of halogens is 3. The minimum Gasteiger partial charge on any atom is -0.480 e. The van der Waals surface area contributed by atoms with Gasteiger partial charge in [0.1, 0.15) is 29.1 Å². The number of nitro benzene ring substituents is 1. The molecule has 2 N–H and O–H groups in total. The molecule has 0 spiro atoms. The number of nitrogens with one attached hydrogen (secondary N) is 1. The van der Waals surface area contributed by atoms with Gasteiger partial charge in [-0.25, -0.2) is 18.0 Å². The van der Waals surface area contributed by atoms with Crippen LogP contribution < -0.4 is 5.32 Å². The van der Waals surface area contributed by atoms with Crippen molar-refractivity contribution in [3.8, 4) is 0 Å². The number of nitrogens with zero attached hydrogens (tertiary/aromatic N) is 1. The third kappa shape index (κ3) is 4.15. The molecule has 0 aromatic heterocycles. The minimum absolute atomic E-state index is 0.00486. The van der Waals surface area contributed by atoms with Gasteiger partial charge in [0.25, 0.3) is 11.6 Å². The average Bonchev–Trinajstić information content (AvgIpc) is 2.53. The number of hydrogen-bond acceptors (Lipinski definition) is 4. The van der Waals surface area contributed by atoms with Crippen LogP contribution in [0.4, 0.5) is 18.9 Å². The summed E-state index contributed by atoms with van der Waals surface area (Å²) in [6.45, 7) is 0. The number of amides is 1. The Morgan fingerprint density at radius 1 is 1.15 bits per heavy atom. The summed E-state index contributed by atoms with van der Waals surface area (Å²) < 4.78 is 40.2. The van der Waals surface area contributed by atoms with Crippen molar-refractivity contribution in [2.75, 3.05) is 0 Å². The molecule has 7 nitrogen and oxygen atoms in total. The van der Waals surface area contributed by atoms with E-state index >= 15 is 0 Å². The van der Waals surface area contributed by atoms with Gasteiger partial charge in [-0.15, -0.1) is 0 Å². The van der Waals surface area contributed by atoms with Gasteiger partial charge in [-0.1, -0.05) is 18.2 Å². The monoisotopic (exact) mass is 368 g/mol. The van der Waals surface area contributed by atoms with Crippen molar-refractivity contribution in [3.05, 3.63) is 75.1 Å². The molecular formula is C16H11F3N2O5. The highest BCUT2D eigenvalue weighted by molar-refractivity contribution is 5.97. The zero-order valence-electron chi connectivity index (χ0n) is 12.9. The summed E-state index contributed by atoms with van der Waals surface area (Å²) in [4.78, 5) is 33.6. The lowest BCUT2D eigenvalue weighted by molar-refractivity contribution is -0.385. The number of hydrogen-bond donors (Lipinski definition) is 2. The van der Waals surface area contributed by atoms with Crippen molar-refractivity contribution in [2.24, 2.45) is 0 Å². The number of benzene rings is 2. The number of carboxylic acids is 1. The quantitative estimate of drug-likeness (QED) is 0.601. The number of nitro groups is 1. The zero-order valence-corrected chi connectivity index (χ0v) is 12.9. The molecule has 136 valence electrons. The Kier molecular flexibility index (Phi) is 5.55. The lowest BCUT2D eigenvalue weighted by Crippen LogP contribution is -2.43. The highest BCUT2D eigenvalue weighted by Crippen LogP contribution is 2.20. The molecule has 0 aliphatic heterocycles. The molecule has 0 saturated carbocycles. The molecule has 0 fully saturated rings. The molecule has 26 heavy (non-hydrogen) atoms. The molecule has 0 heterocycles. The largest absolute Gasteiger partial charge is 0.480 e. The Bertz CT molecular complexity index is 865. The average molecular weight is 368 g/mol. The van der Waals surface area contributed by atoms with Gasteiger partial charge in [0.15, 0.2) is 0 Å². The summed E-state index contributed by atoms with van der Waals surface area (Å²) in [7, 11) is 0. The number of aliphatic carboxylic acids is 1. The fourth-order valence-corrected chi connectivity index (χ4v) is 2.27. The molecule has 1 atom stereocenters. The van der Waals surface area contributed by atoms with Gasteiger partial charge in [0, 0.05) is 30.2 Å². The summed E-state index contributed by atoms with van der Waals surface area (Å²) in [6, 6.07) is 4.09. The van der Waals surface area contributed by atoms with Gasteiger partial charge in [-0.05, 0) is 0 Å². The normalized spacial score (nSPS) is 11.7. The molecule has 2 aromatic carbocycles. The highest BCUT2D eigenvalue weighted by Gasteiger charge is 2.27. The second-order valence-corrected chi connectivity index (χ2v) is 5.20. The number of carbonyl (C=O) groups is 2. The van der Waals surface area contributed by atoms with Gasteiger partial charge >= 0.3 is 5.97 Å². The Labute approximate surface area is 144 Å². The smallest absolute Gasteiger partial charge is 0.326 e. The van der Waals surface area contributed by atoms with Crippen molar-refractivity contribution in [3.63, 3.8) is 0 Å². The van der Waals surface area contributed by atoms with Crippen LogP contribution in [0.15, 0.2) is 36.4 Å². The van der Waals surface area contributed by atoms with E-state index in [4.69, 9.17) is 0 Å². The van der Waals surface area contributed by atoms with E-state index in [0.717, 1.165) is 6.07 Å². The van der Waals surface area contributed by atoms with Gasteiger partial charge in [-0.3, -0.25) is 14.9 Å². The summed E-state index contributed by atoms with van der Waals surface area (Å²) in [5.41, 5.74) is -1.52. The summed E-state index contributed by atoms with van der Waals surface area (Å²) in [5.74, 6) is -7.25.